The number of aromatic nitrogens is 3. The Bertz CT molecular complexity index is 942. The molecule has 2 aromatic rings. The minimum absolute atomic E-state index is 0.0620. The Morgan fingerprint density at radius 1 is 1.23 bits per heavy atom. The lowest BCUT2D eigenvalue weighted by molar-refractivity contribution is -0.124. The van der Waals surface area contributed by atoms with Gasteiger partial charge in [0.25, 0.3) is 0 Å². The standard InChI is InChI=1S/C23H32FN3O2Si/c1-23(2,3)30(4,5)29-16-8-6-15(7-9-16)21(28)11-19-17-10-22(24)26-12-18(17)20-13-25-14-27(19)20/h10,12-16,19H,6-9,11H2,1-5H3. The van der Waals surface area contributed by atoms with Gasteiger partial charge in [0, 0.05) is 30.2 Å². The molecule has 0 spiro atoms. The maximum atomic E-state index is 13.8. The Morgan fingerprint density at radius 2 is 1.93 bits per heavy atom. The van der Waals surface area contributed by atoms with Crippen molar-refractivity contribution in [2.24, 2.45) is 5.92 Å². The molecule has 3 heterocycles. The molecule has 4 rings (SSSR count). The molecule has 0 bridgehead atoms. The van der Waals surface area contributed by atoms with Gasteiger partial charge in [0.2, 0.25) is 5.95 Å². The van der Waals surface area contributed by atoms with Gasteiger partial charge in [-0.2, -0.15) is 4.39 Å². The lowest BCUT2D eigenvalue weighted by atomic mass is 9.82. The summed E-state index contributed by atoms with van der Waals surface area (Å²) in [4.78, 5) is 21.2. The third-order valence-corrected chi connectivity index (χ3v) is 11.9. The van der Waals surface area contributed by atoms with Crippen LogP contribution in [0.5, 0.6) is 0 Å². The van der Waals surface area contributed by atoms with Gasteiger partial charge < -0.3 is 8.99 Å². The SMILES string of the molecule is CC(C)(C)[Si](C)(C)OC1CCC(C(=O)CC2c3cc(F)ncc3-c3cncn32)CC1. The van der Waals surface area contributed by atoms with E-state index in [0.717, 1.165) is 42.5 Å². The van der Waals surface area contributed by atoms with E-state index in [2.05, 4.69) is 43.8 Å². The third-order valence-electron chi connectivity index (χ3n) is 7.33. The molecular weight excluding hydrogens is 397 g/mol. The van der Waals surface area contributed by atoms with Crippen LogP contribution in [0.25, 0.3) is 11.3 Å². The number of fused-ring (bicyclic) bond motifs is 3. The minimum Gasteiger partial charge on any atom is -0.414 e. The summed E-state index contributed by atoms with van der Waals surface area (Å²) < 4.78 is 22.3. The summed E-state index contributed by atoms with van der Waals surface area (Å²) in [6.07, 6.45) is 9.31. The fourth-order valence-electron chi connectivity index (χ4n) is 4.51. The van der Waals surface area contributed by atoms with Crippen molar-refractivity contribution < 1.29 is 13.6 Å². The van der Waals surface area contributed by atoms with Crippen molar-refractivity contribution in [2.75, 3.05) is 0 Å². The molecule has 0 radical (unpaired) electrons. The highest BCUT2D eigenvalue weighted by atomic mass is 28.4. The normalized spacial score (nSPS) is 23.9. The lowest BCUT2D eigenvalue weighted by Crippen LogP contribution is -2.45. The zero-order valence-electron chi connectivity index (χ0n) is 18.6. The molecule has 7 heteroatoms. The predicted octanol–water partition coefficient (Wildman–Crippen LogP) is 5.53. The number of rotatable bonds is 5. The van der Waals surface area contributed by atoms with Crippen molar-refractivity contribution in [1.82, 2.24) is 14.5 Å². The second-order valence-electron chi connectivity index (χ2n) is 10.3. The number of nitrogens with zero attached hydrogens (tertiary/aromatic N) is 3. The summed E-state index contributed by atoms with van der Waals surface area (Å²) in [5.41, 5.74) is 2.61. The largest absolute Gasteiger partial charge is 0.414 e. The minimum atomic E-state index is -1.78. The van der Waals surface area contributed by atoms with Gasteiger partial charge in [0.05, 0.1) is 24.3 Å². The fourth-order valence-corrected chi connectivity index (χ4v) is 5.93. The van der Waals surface area contributed by atoms with Gasteiger partial charge in [0.1, 0.15) is 5.78 Å². The van der Waals surface area contributed by atoms with Crippen molar-refractivity contribution in [2.45, 2.75) is 83.2 Å². The third kappa shape index (κ3) is 3.89. The van der Waals surface area contributed by atoms with E-state index in [-0.39, 0.29) is 28.9 Å². The van der Waals surface area contributed by atoms with Crippen LogP contribution in [0.3, 0.4) is 0 Å². The predicted molar refractivity (Wildman–Crippen MR) is 117 cm³/mol. The summed E-state index contributed by atoms with van der Waals surface area (Å²) in [6, 6.07) is 1.27. The average molecular weight is 430 g/mol. The first-order valence-corrected chi connectivity index (χ1v) is 13.9. The number of halogens is 1. The molecule has 1 atom stereocenters. The lowest BCUT2D eigenvalue weighted by Gasteiger charge is -2.41. The molecule has 0 amide bonds. The van der Waals surface area contributed by atoms with Crippen LogP contribution < -0.4 is 0 Å². The molecule has 5 nitrogen and oxygen atoms in total. The van der Waals surface area contributed by atoms with E-state index in [4.69, 9.17) is 4.43 Å². The van der Waals surface area contributed by atoms with Crippen molar-refractivity contribution >= 4 is 14.1 Å². The fraction of sp³-hybridized carbons (Fsp3) is 0.609. The maximum absolute atomic E-state index is 13.8. The van der Waals surface area contributed by atoms with Crippen LogP contribution in [-0.2, 0) is 9.22 Å². The van der Waals surface area contributed by atoms with Crippen LogP contribution in [0.4, 0.5) is 4.39 Å². The van der Waals surface area contributed by atoms with Gasteiger partial charge in [-0.25, -0.2) is 9.97 Å². The van der Waals surface area contributed by atoms with Crippen LogP contribution in [0.1, 0.15) is 64.5 Å². The maximum Gasteiger partial charge on any atom is 0.213 e. The number of hydrogen-bond donors (Lipinski definition) is 0. The zero-order valence-corrected chi connectivity index (χ0v) is 19.6. The van der Waals surface area contributed by atoms with E-state index >= 15 is 0 Å². The molecule has 1 saturated carbocycles. The number of carbonyl (C=O) groups excluding carboxylic acids is 1. The van der Waals surface area contributed by atoms with Gasteiger partial charge in [-0.1, -0.05) is 20.8 Å². The average Bonchev–Trinajstić information content (AvgIpc) is 3.23. The van der Waals surface area contributed by atoms with Gasteiger partial charge in [0.15, 0.2) is 8.32 Å². The summed E-state index contributed by atoms with van der Waals surface area (Å²) in [5, 5.41) is 0.197. The van der Waals surface area contributed by atoms with Gasteiger partial charge in [-0.05, 0) is 55.4 Å². The second-order valence-corrected chi connectivity index (χ2v) is 15.1. The molecule has 1 aliphatic heterocycles. The highest BCUT2D eigenvalue weighted by Crippen LogP contribution is 2.43. The Hall–Kier alpha value is -1.86. The number of pyridine rings is 1. The number of ketones is 1. The van der Waals surface area contributed by atoms with Gasteiger partial charge in [-0.15, -0.1) is 0 Å². The molecule has 0 saturated heterocycles. The summed E-state index contributed by atoms with van der Waals surface area (Å²) in [7, 11) is -1.78. The second kappa shape index (κ2) is 7.68. The number of hydrogen-bond acceptors (Lipinski definition) is 4. The molecule has 0 aromatic carbocycles. The first-order chi connectivity index (χ1) is 14.1. The van der Waals surface area contributed by atoms with Crippen molar-refractivity contribution in [3.63, 3.8) is 0 Å². The van der Waals surface area contributed by atoms with E-state index in [0.29, 0.717) is 6.42 Å². The van der Waals surface area contributed by atoms with E-state index < -0.39 is 14.3 Å². The van der Waals surface area contributed by atoms with E-state index in [1.54, 1.807) is 18.7 Å². The number of imidazole rings is 1. The van der Waals surface area contributed by atoms with E-state index in [9.17, 15) is 9.18 Å². The number of Topliss-reactive ketones (excluding diaryl/α,β-unsaturated/α-hetero) is 1. The highest BCUT2D eigenvalue weighted by molar-refractivity contribution is 6.74. The van der Waals surface area contributed by atoms with Crippen LogP contribution >= 0.6 is 0 Å². The van der Waals surface area contributed by atoms with Crippen LogP contribution in [-0.4, -0.2) is 34.7 Å². The Morgan fingerprint density at radius 3 is 2.60 bits per heavy atom. The van der Waals surface area contributed by atoms with Gasteiger partial charge in [-0.3, -0.25) is 4.79 Å². The highest BCUT2D eigenvalue weighted by Gasteiger charge is 2.40. The van der Waals surface area contributed by atoms with E-state index in [1.807, 2.05) is 4.57 Å². The molecule has 1 unspecified atom stereocenters. The van der Waals surface area contributed by atoms with Crippen LogP contribution in [0.15, 0.2) is 24.8 Å². The van der Waals surface area contributed by atoms with Gasteiger partial charge >= 0.3 is 0 Å². The number of carbonyl (C=O) groups is 1. The summed E-state index contributed by atoms with van der Waals surface area (Å²) in [5.74, 6) is -0.185. The smallest absolute Gasteiger partial charge is 0.213 e. The molecule has 1 aliphatic carbocycles. The van der Waals surface area contributed by atoms with E-state index in [1.165, 1.54) is 6.07 Å². The molecule has 0 N–H and O–H groups in total. The summed E-state index contributed by atoms with van der Waals surface area (Å²) in [6.45, 7) is 11.4. The molecule has 30 heavy (non-hydrogen) atoms. The van der Waals surface area contributed by atoms with Crippen molar-refractivity contribution in [3.8, 4) is 11.3 Å². The zero-order chi connectivity index (χ0) is 21.7. The Labute approximate surface area is 179 Å². The van der Waals surface area contributed by atoms with Crippen LogP contribution in [0.2, 0.25) is 18.1 Å². The Kier molecular flexibility index (Phi) is 5.47. The quantitative estimate of drug-likeness (QED) is 0.463. The van der Waals surface area contributed by atoms with Crippen LogP contribution in [0, 0.1) is 11.9 Å². The molecule has 1 fully saturated rings. The topological polar surface area (TPSA) is 57.0 Å². The molecule has 2 aliphatic rings. The molecular formula is C23H32FN3O2Si. The molecule has 2 aromatic heterocycles. The summed E-state index contributed by atoms with van der Waals surface area (Å²) >= 11 is 0. The molecule has 162 valence electrons. The van der Waals surface area contributed by atoms with Crippen molar-refractivity contribution in [1.29, 1.82) is 0 Å². The first-order valence-electron chi connectivity index (χ1n) is 10.9. The first kappa shape index (κ1) is 21.4. The van der Waals surface area contributed by atoms with Crippen molar-refractivity contribution in [3.05, 3.63) is 36.3 Å². The Balaban J connectivity index is 1.40. The monoisotopic (exact) mass is 429 g/mol.